The molecular formula is C9H8BrClN2. The molecule has 0 radical (unpaired) electrons. The Bertz CT molecular complexity index is 450. The highest BCUT2D eigenvalue weighted by atomic mass is 79.9. The van der Waals surface area contributed by atoms with Gasteiger partial charge in [0.2, 0.25) is 0 Å². The maximum atomic E-state index is 6.13. The van der Waals surface area contributed by atoms with E-state index in [0.29, 0.717) is 6.54 Å². The number of aromatic amines is 1. The van der Waals surface area contributed by atoms with E-state index in [1.54, 1.807) is 0 Å². The summed E-state index contributed by atoms with van der Waals surface area (Å²) in [6, 6.07) is 3.89. The minimum Gasteiger partial charge on any atom is -0.361 e. The standard InChI is InChI=1S/C9H8BrClN2/c10-6-1-2-7-8(9(6)11)5(3-12)4-13-7/h1-2,4,13H,3,12H2. The van der Waals surface area contributed by atoms with Crippen LogP contribution in [0.15, 0.2) is 22.8 Å². The number of rotatable bonds is 1. The van der Waals surface area contributed by atoms with Gasteiger partial charge >= 0.3 is 0 Å². The molecule has 0 fully saturated rings. The third-order valence-corrected chi connectivity index (χ3v) is 3.32. The summed E-state index contributed by atoms with van der Waals surface area (Å²) in [5.41, 5.74) is 7.65. The number of fused-ring (bicyclic) bond motifs is 1. The lowest BCUT2D eigenvalue weighted by Gasteiger charge is -1.99. The zero-order valence-electron chi connectivity index (χ0n) is 6.77. The van der Waals surface area contributed by atoms with Gasteiger partial charge in [-0.2, -0.15) is 0 Å². The van der Waals surface area contributed by atoms with Gasteiger partial charge in [-0.1, -0.05) is 11.6 Å². The van der Waals surface area contributed by atoms with Gasteiger partial charge in [-0.3, -0.25) is 0 Å². The summed E-state index contributed by atoms with van der Waals surface area (Å²) in [5, 5.41) is 1.73. The molecule has 0 unspecified atom stereocenters. The summed E-state index contributed by atoms with van der Waals surface area (Å²) in [5.74, 6) is 0. The van der Waals surface area contributed by atoms with Crippen LogP contribution in [0.25, 0.3) is 10.9 Å². The van der Waals surface area contributed by atoms with E-state index in [2.05, 4.69) is 20.9 Å². The Morgan fingerprint density at radius 3 is 2.92 bits per heavy atom. The lowest BCUT2D eigenvalue weighted by atomic mass is 10.2. The van der Waals surface area contributed by atoms with Crippen molar-refractivity contribution < 1.29 is 0 Å². The average molecular weight is 260 g/mol. The van der Waals surface area contributed by atoms with Gasteiger partial charge in [0.1, 0.15) is 0 Å². The van der Waals surface area contributed by atoms with Crippen LogP contribution in [0.3, 0.4) is 0 Å². The zero-order chi connectivity index (χ0) is 9.42. The zero-order valence-corrected chi connectivity index (χ0v) is 9.11. The van der Waals surface area contributed by atoms with E-state index >= 15 is 0 Å². The molecule has 2 nitrogen and oxygen atoms in total. The van der Waals surface area contributed by atoms with Crippen molar-refractivity contribution in [1.82, 2.24) is 4.98 Å². The average Bonchev–Trinajstić information content (AvgIpc) is 2.55. The number of nitrogens with two attached hydrogens (primary N) is 1. The molecule has 68 valence electrons. The van der Waals surface area contributed by atoms with Crippen LogP contribution in [-0.2, 0) is 6.54 Å². The van der Waals surface area contributed by atoms with E-state index in [0.717, 1.165) is 26.0 Å². The van der Waals surface area contributed by atoms with Crippen LogP contribution in [0.5, 0.6) is 0 Å². The molecule has 0 spiro atoms. The predicted molar refractivity (Wildman–Crippen MR) is 58.9 cm³/mol. The highest BCUT2D eigenvalue weighted by molar-refractivity contribution is 9.10. The second-order valence-electron chi connectivity index (χ2n) is 2.80. The van der Waals surface area contributed by atoms with Crippen LogP contribution in [0.1, 0.15) is 5.56 Å². The van der Waals surface area contributed by atoms with Crippen molar-refractivity contribution in [1.29, 1.82) is 0 Å². The molecule has 0 saturated carbocycles. The Balaban J connectivity index is 2.85. The molecule has 3 N–H and O–H groups in total. The third-order valence-electron chi connectivity index (χ3n) is 2.04. The number of nitrogens with one attached hydrogen (secondary N) is 1. The smallest absolute Gasteiger partial charge is 0.0645 e. The molecule has 4 heteroatoms. The number of halogens is 2. The normalized spacial score (nSPS) is 11.0. The lowest BCUT2D eigenvalue weighted by molar-refractivity contribution is 1.08. The molecule has 0 amide bonds. The van der Waals surface area contributed by atoms with Gasteiger partial charge < -0.3 is 10.7 Å². The maximum absolute atomic E-state index is 6.13. The second kappa shape index (κ2) is 3.33. The van der Waals surface area contributed by atoms with Crippen molar-refractivity contribution in [2.24, 2.45) is 5.73 Å². The van der Waals surface area contributed by atoms with Crippen molar-refractivity contribution >= 4 is 38.4 Å². The van der Waals surface area contributed by atoms with Gasteiger partial charge in [-0.15, -0.1) is 0 Å². The molecule has 1 heterocycles. The van der Waals surface area contributed by atoms with Crippen molar-refractivity contribution in [3.8, 4) is 0 Å². The number of hydrogen-bond acceptors (Lipinski definition) is 1. The first-order chi connectivity index (χ1) is 6.24. The second-order valence-corrected chi connectivity index (χ2v) is 4.03. The SMILES string of the molecule is NCc1c[nH]c2ccc(Br)c(Cl)c12. The lowest BCUT2D eigenvalue weighted by Crippen LogP contribution is -1.94. The molecule has 1 aromatic heterocycles. The molecule has 2 rings (SSSR count). The minimum atomic E-state index is 0.496. The van der Waals surface area contributed by atoms with Crippen molar-refractivity contribution in [2.45, 2.75) is 6.54 Å². The van der Waals surface area contributed by atoms with Crippen LogP contribution in [-0.4, -0.2) is 4.98 Å². The number of aromatic nitrogens is 1. The Morgan fingerprint density at radius 2 is 2.23 bits per heavy atom. The van der Waals surface area contributed by atoms with E-state index in [4.69, 9.17) is 17.3 Å². The van der Waals surface area contributed by atoms with Gasteiger partial charge in [0.15, 0.2) is 0 Å². The summed E-state index contributed by atoms with van der Waals surface area (Å²) < 4.78 is 0.899. The molecule has 0 atom stereocenters. The number of benzene rings is 1. The van der Waals surface area contributed by atoms with Crippen LogP contribution >= 0.6 is 27.5 Å². The minimum absolute atomic E-state index is 0.496. The summed E-state index contributed by atoms with van der Waals surface area (Å²) in [4.78, 5) is 3.12. The fourth-order valence-corrected chi connectivity index (χ4v) is 2.00. The van der Waals surface area contributed by atoms with Crippen molar-refractivity contribution in [3.63, 3.8) is 0 Å². The molecule has 0 aliphatic carbocycles. The third kappa shape index (κ3) is 1.37. The van der Waals surface area contributed by atoms with E-state index in [1.165, 1.54) is 0 Å². The molecule has 0 saturated heterocycles. The topological polar surface area (TPSA) is 41.8 Å². The van der Waals surface area contributed by atoms with Gasteiger partial charge in [-0.05, 0) is 33.6 Å². The Morgan fingerprint density at radius 1 is 1.46 bits per heavy atom. The molecular weight excluding hydrogens is 251 g/mol. The van der Waals surface area contributed by atoms with Gasteiger partial charge in [0.05, 0.1) is 5.02 Å². The monoisotopic (exact) mass is 258 g/mol. The van der Waals surface area contributed by atoms with Crippen LogP contribution in [0, 0.1) is 0 Å². The van der Waals surface area contributed by atoms with Crippen LogP contribution in [0.2, 0.25) is 5.02 Å². The van der Waals surface area contributed by atoms with Crippen LogP contribution in [0.4, 0.5) is 0 Å². The molecule has 0 bridgehead atoms. The van der Waals surface area contributed by atoms with Gasteiger partial charge in [0, 0.05) is 28.1 Å². The predicted octanol–water partition coefficient (Wildman–Crippen LogP) is 3.04. The number of hydrogen-bond donors (Lipinski definition) is 2. The van der Waals surface area contributed by atoms with E-state index in [1.807, 2.05) is 18.3 Å². The van der Waals surface area contributed by atoms with E-state index in [-0.39, 0.29) is 0 Å². The molecule has 0 aliphatic heterocycles. The van der Waals surface area contributed by atoms with Crippen LogP contribution < -0.4 is 5.73 Å². The fraction of sp³-hybridized carbons (Fsp3) is 0.111. The quantitative estimate of drug-likeness (QED) is 0.812. The van der Waals surface area contributed by atoms with Crippen molar-refractivity contribution in [2.75, 3.05) is 0 Å². The highest BCUT2D eigenvalue weighted by Crippen LogP contribution is 2.32. The van der Waals surface area contributed by atoms with Crippen molar-refractivity contribution in [3.05, 3.63) is 33.4 Å². The molecule has 2 aromatic rings. The largest absolute Gasteiger partial charge is 0.361 e. The fourth-order valence-electron chi connectivity index (χ4n) is 1.38. The number of H-pyrrole nitrogens is 1. The first-order valence-electron chi connectivity index (χ1n) is 3.88. The molecule has 0 aliphatic rings. The first-order valence-corrected chi connectivity index (χ1v) is 5.05. The molecule has 13 heavy (non-hydrogen) atoms. The highest BCUT2D eigenvalue weighted by Gasteiger charge is 2.08. The Labute approximate surface area is 89.2 Å². The maximum Gasteiger partial charge on any atom is 0.0645 e. The van der Waals surface area contributed by atoms with E-state index in [9.17, 15) is 0 Å². The van der Waals surface area contributed by atoms with Gasteiger partial charge in [0.25, 0.3) is 0 Å². The summed E-state index contributed by atoms with van der Waals surface area (Å²) in [7, 11) is 0. The Hall–Kier alpha value is -0.510. The Kier molecular flexibility index (Phi) is 2.32. The van der Waals surface area contributed by atoms with Gasteiger partial charge in [-0.25, -0.2) is 0 Å². The molecule has 1 aromatic carbocycles. The summed E-state index contributed by atoms with van der Waals surface area (Å²) >= 11 is 9.51. The summed E-state index contributed by atoms with van der Waals surface area (Å²) in [6.07, 6.45) is 1.89. The first kappa shape index (κ1) is 9.06. The van der Waals surface area contributed by atoms with E-state index < -0.39 is 0 Å². The summed E-state index contributed by atoms with van der Waals surface area (Å²) in [6.45, 7) is 0.496.